The topological polar surface area (TPSA) is 57.2 Å². The van der Waals surface area contributed by atoms with Gasteiger partial charge in [0.1, 0.15) is 0 Å². The maximum absolute atomic E-state index is 13.1. The summed E-state index contributed by atoms with van der Waals surface area (Å²) in [5.74, 6) is -0.182. The quantitative estimate of drug-likeness (QED) is 0.216. The Morgan fingerprint density at radius 2 is 1.22 bits per heavy atom. The van der Waals surface area contributed by atoms with E-state index in [0.29, 0.717) is 43.0 Å². The molecule has 32 heavy (non-hydrogen) atoms. The molecule has 0 aromatic heterocycles. The molecule has 0 radical (unpaired) electrons. The highest BCUT2D eigenvalue weighted by Crippen LogP contribution is 2.42. The molecule has 0 saturated carbocycles. The van der Waals surface area contributed by atoms with Crippen LogP contribution in [0, 0.1) is 5.92 Å². The summed E-state index contributed by atoms with van der Waals surface area (Å²) in [4.78, 5) is 15.5. The van der Waals surface area contributed by atoms with Crippen molar-refractivity contribution >= 4 is 23.1 Å². The van der Waals surface area contributed by atoms with E-state index in [9.17, 15) is 4.79 Å². The summed E-state index contributed by atoms with van der Waals surface area (Å²) in [6, 6.07) is 0.794. The van der Waals surface area contributed by atoms with E-state index in [1.54, 1.807) is 0 Å². The van der Waals surface area contributed by atoms with Crippen molar-refractivity contribution in [2.45, 2.75) is 105 Å². The molecule has 192 valence electrons. The summed E-state index contributed by atoms with van der Waals surface area (Å²) >= 11 is 0. The lowest BCUT2D eigenvalue weighted by molar-refractivity contribution is -0.140. The van der Waals surface area contributed by atoms with Crippen LogP contribution in [0.15, 0.2) is 0 Å². The van der Waals surface area contributed by atoms with Crippen LogP contribution in [0.4, 0.5) is 0 Å². The smallest absolute Gasteiger partial charge is 0.500 e. The second kappa shape index (κ2) is 15.6. The molecule has 0 fully saturated rings. The van der Waals surface area contributed by atoms with E-state index in [0.717, 1.165) is 25.6 Å². The molecule has 0 aliphatic carbocycles. The van der Waals surface area contributed by atoms with Crippen LogP contribution in [0.25, 0.3) is 0 Å². The highest BCUT2D eigenvalue weighted by atomic mass is 28.4. The average Bonchev–Trinajstić information content (AvgIpc) is 2.70. The summed E-state index contributed by atoms with van der Waals surface area (Å²) in [6.07, 6.45) is 0.921. The monoisotopic (exact) mass is 491 g/mol. The van der Waals surface area contributed by atoms with E-state index in [1.807, 2.05) is 27.7 Å². The summed E-state index contributed by atoms with van der Waals surface area (Å²) in [5.41, 5.74) is 1.19. The van der Waals surface area contributed by atoms with Gasteiger partial charge in [-0.2, -0.15) is 0 Å². The van der Waals surface area contributed by atoms with Gasteiger partial charge in [-0.3, -0.25) is 4.79 Å². The Balaban J connectivity index is 5.07. The first-order valence-corrected chi connectivity index (χ1v) is 16.9. The fourth-order valence-corrected chi connectivity index (χ4v) is 12.8. The van der Waals surface area contributed by atoms with Gasteiger partial charge in [0.15, 0.2) is 0 Å². The second-order valence-corrected chi connectivity index (χ2v) is 17.7. The van der Waals surface area contributed by atoms with Gasteiger partial charge >= 0.3 is 8.80 Å². The van der Waals surface area contributed by atoms with E-state index in [1.165, 1.54) is 0 Å². The van der Waals surface area contributed by atoms with Crippen LogP contribution in [-0.2, 0) is 22.5 Å². The summed E-state index contributed by atoms with van der Waals surface area (Å²) in [6.45, 7) is 27.7. The van der Waals surface area contributed by atoms with Crippen LogP contribution in [0.2, 0.25) is 22.7 Å². The molecule has 1 atom stereocenters. The third-order valence-corrected chi connectivity index (χ3v) is 15.5. The van der Waals surface area contributed by atoms with Gasteiger partial charge in [-0.05, 0) is 56.9 Å². The molecule has 1 unspecified atom stereocenters. The van der Waals surface area contributed by atoms with Crippen LogP contribution >= 0.6 is 0 Å². The van der Waals surface area contributed by atoms with Crippen LogP contribution in [-0.4, -0.2) is 67.4 Å². The van der Waals surface area contributed by atoms with Crippen molar-refractivity contribution < 1.29 is 22.5 Å². The first-order valence-electron chi connectivity index (χ1n) is 12.8. The maximum Gasteiger partial charge on any atom is 0.500 e. The van der Waals surface area contributed by atoms with Crippen molar-refractivity contribution in [1.82, 2.24) is 4.90 Å². The van der Waals surface area contributed by atoms with Crippen molar-refractivity contribution in [2.24, 2.45) is 5.92 Å². The third kappa shape index (κ3) is 9.18. The first-order chi connectivity index (χ1) is 15.0. The van der Waals surface area contributed by atoms with Crippen LogP contribution in [0.5, 0.6) is 0 Å². The Hall–Kier alpha value is -0.256. The number of carbonyl (C=O) groups is 1. The summed E-state index contributed by atoms with van der Waals surface area (Å²) in [5, 5.41) is 0. The Kier molecular flexibility index (Phi) is 15.5. The highest BCUT2D eigenvalue weighted by Gasteiger charge is 2.48. The molecule has 8 heteroatoms. The average molecular weight is 492 g/mol. The highest BCUT2D eigenvalue weighted by molar-refractivity contribution is 6.78. The normalized spacial score (nSPS) is 14.1. The van der Waals surface area contributed by atoms with Gasteiger partial charge in [0, 0.05) is 32.4 Å². The fraction of sp³-hybridized carbons (Fsp3) is 0.958. The number of hydrogen-bond acceptors (Lipinski definition) is 6. The molecule has 6 nitrogen and oxygen atoms in total. The second-order valence-electron chi connectivity index (χ2n) is 9.62. The maximum atomic E-state index is 13.1. The number of nitrogens with zero attached hydrogens (tertiary/aromatic N) is 1. The van der Waals surface area contributed by atoms with Crippen LogP contribution < -0.4 is 0 Å². The van der Waals surface area contributed by atoms with Gasteiger partial charge in [-0.1, -0.05) is 55.4 Å². The van der Waals surface area contributed by atoms with E-state index in [-0.39, 0.29) is 11.9 Å². The number of hydrogen-bond donors (Lipinski definition) is 0. The molecule has 0 heterocycles. The Morgan fingerprint density at radius 1 is 0.781 bits per heavy atom. The molecule has 0 aromatic carbocycles. The summed E-state index contributed by atoms with van der Waals surface area (Å²) < 4.78 is 24.3. The van der Waals surface area contributed by atoms with Crippen molar-refractivity contribution in [3.8, 4) is 0 Å². The lowest BCUT2D eigenvalue weighted by Gasteiger charge is -2.42. The Labute approximate surface area is 201 Å². The minimum atomic E-state index is -2.62. The molecule has 0 aromatic rings. The fourth-order valence-electron chi connectivity index (χ4n) is 4.99. The Bertz CT molecular complexity index is 478. The molecule has 0 bridgehead atoms. The Morgan fingerprint density at radius 3 is 1.56 bits per heavy atom. The van der Waals surface area contributed by atoms with Crippen molar-refractivity contribution in [1.29, 1.82) is 0 Å². The van der Waals surface area contributed by atoms with Gasteiger partial charge in [0.25, 0.3) is 14.3 Å². The van der Waals surface area contributed by atoms with Gasteiger partial charge in [0.2, 0.25) is 0 Å². The van der Waals surface area contributed by atoms with E-state index >= 15 is 0 Å². The predicted molar refractivity (Wildman–Crippen MR) is 138 cm³/mol. The number of rotatable bonds is 18. The first kappa shape index (κ1) is 31.7. The van der Waals surface area contributed by atoms with Gasteiger partial charge < -0.3 is 22.6 Å². The van der Waals surface area contributed by atoms with Crippen molar-refractivity contribution in [2.75, 3.05) is 39.5 Å². The van der Waals surface area contributed by atoms with Crippen LogP contribution in [0.3, 0.4) is 0 Å². The minimum absolute atomic E-state index is 0.0344. The summed E-state index contributed by atoms with van der Waals surface area (Å²) in [7, 11) is -4.82. The van der Waals surface area contributed by atoms with Gasteiger partial charge in [-0.25, -0.2) is 0 Å². The molecule has 0 amide bonds. The minimum Gasteiger partial charge on any atom is -0.518 e. The third-order valence-electron chi connectivity index (χ3n) is 6.42. The SMILES string of the molecule is CCO[Si](CCCN(CC)CC(C)C(=O)O[Si](C(C)C)(C(C)C)C(C)C)(OCC)OCC. The zero-order valence-electron chi connectivity index (χ0n) is 23.0. The zero-order chi connectivity index (χ0) is 24.9. The van der Waals surface area contributed by atoms with E-state index < -0.39 is 17.1 Å². The number of carbonyl (C=O) groups excluding carboxylic acids is 1. The van der Waals surface area contributed by atoms with E-state index in [4.69, 9.17) is 17.7 Å². The van der Waals surface area contributed by atoms with E-state index in [2.05, 4.69) is 53.4 Å². The molecule has 0 aliphatic rings. The molecular weight excluding hydrogens is 438 g/mol. The van der Waals surface area contributed by atoms with Gasteiger partial charge in [-0.15, -0.1) is 0 Å². The molecule has 0 saturated heterocycles. The zero-order valence-corrected chi connectivity index (χ0v) is 25.0. The molecule has 0 N–H and O–H groups in total. The lowest BCUT2D eigenvalue weighted by atomic mass is 10.1. The molecule has 0 rings (SSSR count). The molecule has 0 aliphatic heterocycles. The van der Waals surface area contributed by atoms with Crippen molar-refractivity contribution in [3.63, 3.8) is 0 Å². The predicted octanol–water partition coefficient (Wildman–Crippen LogP) is 6.10. The molecular formula is C24H53NO5Si2. The van der Waals surface area contributed by atoms with Crippen molar-refractivity contribution in [3.05, 3.63) is 0 Å². The lowest BCUT2D eigenvalue weighted by Crippen LogP contribution is -2.50. The molecule has 0 spiro atoms. The van der Waals surface area contributed by atoms with Gasteiger partial charge in [0.05, 0.1) is 5.92 Å². The van der Waals surface area contributed by atoms with Crippen LogP contribution in [0.1, 0.15) is 82.6 Å². The largest absolute Gasteiger partial charge is 0.518 e. The standard InChI is InChI=1S/C24H53NO5Si2/c1-12-25(17-16-18-31(27-13-2,28-14-3)29-15-4)19-23(11)24(26)30-32(20(5)6,21(7)8)22(9)10/h20-23H,12-19H2,1-11H3.